The molecule has 0 aliphatic carbocycles. The molecule has 2 aromatic rings. The van der Waals surface area contributed by atoms with E-state index in [-0.39, 0.29) is 21.9 Å². The molecule has 26 heavy (non-hydrogen) atoms. The molecule has 3 N–H and O–H groups in total. The fourth-order valence-corrected chi connectivity index (χ4v) is 4.84. The molecule has 0 unspecified atom stereocenters. The largest absolute Gasteiger partial charge is 0.384 e. The average molecular weight is 524 g/mol. The number of nitrogens with one attached hydrogen (secondary N) is 1. The van der Waals surface area contributed by atoms with Crippen LogP contribution in [0.1, 0.15) is 30.9 Å². The van der Waals surface area contributed by atoms with E-state index in [9.17, 15) is 8.42 Å². The van der Waals surface area contributed by atoms with Gasteiger partial charge in [0.15, 0.2) is 0 Å². The SMILES string of the molecule is Br.CCCCNc1cc(CBr)cc(S(N)(=O)=O)c1Sc1ccccc1C. The molecule has 144 valence electrons. The highest BCUT2D eigenvalue weighted by Gasteiger charge is 2.20. The standard InChI is InChI=1S/C18H23BrN2O2S2.BrH/c1-3-4-9-21-15-10-14(12-19)11-17(25(20,22)23)18(15)24-16-8-6-5-7-13(16)2;/h5-8,10-11,21H,3-4,9,12H2,1-2H3,(H2,20,22,23);1H. The summed E-state index contributed by atoms with van der Waals surface area (Å²) in [5.41, 5.74) is 2.77. The molecule has 8 heteroatoms. The summed E-state index contributed by atoms with van der Waals surface area (Å²) in [6.07, 6.45) is 2.07. The van der Waals surface area contributed by atoms with Gasteiger partial charge in [0, 0.05) is 22.5 Å². The number of hydrogen-bond acceptors (Lipinski definition) is 4. The zero-order valence-electron chi connectivity index (χ0n) is 14.8. The van der Waals surface area contributed by atoms with Gasteiger partial charge in [-0.05, 0) is 42.7 Å². The molecule has 0 saturated heterocycles. The van der Waals surface area contributed by atoms with Crippen molar-refractivity contribution in [1.29, 1.82) is 0 Å². The molecule has 0 fully saturated rings. The minimum Gasteiger partial charge on any atom is -0.384 e. The Hall–Kier alpha value is -0.540. The fourth-order valence-electron chi connectivity index (χ4n) is 2.37. The van der Waals surface area contributed by atoms with Crippen LogP contribution >= 0.6 is 44.7 Å². The van der Waals surface area contributed by atoms with Crippen LogP contribution in [-0.4, -0.2) is 15.0 Å². The Bertz CT molecular complexity index is 843. The molecular weight excluding hydrogens is 500 g/mol. The monoisotopic (exact) mass is 522 g/mol. The van der Waals surface area contributed by atoms with E-state index in [1.807, 2.05) is 37.3 Å². The van der Waals surface area contributed by atoms with E-state index in [1.54, 1.807) is 6.07 Å². The van der Waals surface area contributed by atoms with Crippen molar-refractivity contribution in [2.24, 2.45) is 5.14 Å². The molecule has 0 heterocycles. The number of benzene rings is 2. The van der Waals surface area contributed by atoms with Crippen LogP contribution < -0.4 is 10.5 Å². The maximum absolute atomic E-state index is 12.2. The number of unbranched alkanes of at least 4 members (excludes halogenated alkanes) is 1. The van der Waals surface area contributed by atoms with Gasteiger partial charge in [-0.1, -0.05) is 59.2 Å². The van der Waals surface area contributed by atoms with E-state index in [4.69, 9.17) is 5.14 Å². The summed E-state index contributed by atoms with van der Waals surface area (Å²) >= 11 is 4.84. The number of rotatable bonds is 8. The van der Waals surface area contributed by atoms with Crippen LogP contribution in [0.2, 0.25) is 0 Å². The summed E-state index contributed by atoms with van der Waals surface area (Å²) in [4.78, 5) is 1.83. The highest BCUT2D eigenvalue weighted by molar-refractivity contribution is 9.08. The van der Waals surface area contributed by atoms with Crippen LogP contribution in [-0.2, 0) is 15.4 Å². The predicted molar refractivity (Wildman–Crippen MR) is 119 cm³/mol. The van der Waals surface area contributed by atoms with Crippen molar-refractivity contribution in [2.45, 2.75) is 46.7 Å². The van der Waals surface area contributed by atoms with Crippen molar-refractivity contribution in [2.75, 3.05) is 11.9 Å². The average Bonchev–Trinajstić information content (AvgIpc) is 2.57. The second kappa shape index (κ2) is 10.7. The Kier molecular flexibility index (Phi) is 9.68. The third-order valence-corrected chi connectivity index (χ3v) is 6.76. The molecule has 0 aliphatic heterocycles. The molecule has 2 rings (SSSR count). The molecular formula is C18H24Br2N2O2S2. The molecule has 0 amide bonds. The molecule has 0 radical (unpaired) electrons. The lowest BCUT2D eigenvalue weighted by molar-refractivity contribution is 0.595. The molecule has 0 atom stereocenters. The highest BCUT2D eigenvalue weighted by atomic mass is 79.9. The van der Waals surface area contributed by atoms with Gasteiger partial charge in [0.25, 0.3) is 0 Å². The number of alkyl halides is 1. The lowest BCUT2D eigenvalue weighted by atomic mass is 10.2. The minimum absolute atomic E-state index is 0. The number of aryl methyl sites for hydroxylation is 1. The summed E-state index contributed by atoms with van der Waals surface area (Å²) in [6.45, 7) is 4.92. The zero-order valence-corrected chi connectivity index (χ0v) is 19.7. The van der Waals surface area contributed by atoms with Gasteiger partial charge >= 0.3 is 0 Å². The Balaban J connectivity index is 0.00000338. The first-order valence-corrected chi connectivity index (χ1v) is 11.6. The minimum atomic E-state index is -3.83. The van der Waals surface area contributed by atoms with Gasteiger partial charge in [0.05, 0.1) is 9.79 Å². The van der Waals surface area contributed by atoms with E-state index < -0.39 is 10.0 Å². The Morgan fingerprint density at radius 2 is 1.92 bits per heavy atom. The number of sulfonamides is 1. The highest BCUT2D eigenvalue weighted by Crippen LogP contribution is 2.40. The van der Waals surface area contributed by atoms with E-state index in [0.29, 0.717) is 10.2 Å². The van der Waals surface area contributed by atoms with Gasteiger partial charge in [-0.25, -0.2) is 13.6 Å². The molecule has 0 aliphatic rings. The quantitative estimate of drug-likeness (QED) is 0.355. The van der Waals surface area contributed by atoms with E-state index in [0.717, 1.165) is 41.1 Å². The topological polar surface area (TPSA) is 72.2 Å². The molecule has 4 nitrogen and oxygen atoms in total. The van der Waals surface area contributed by atoms with E-state index in [2.05, 4.69) is 28.2 Å². The van der Waals surface area contributed by atoms with Crippen molar-refractivity contribution in [3.8, 4) is 0 Å². The van der Waals surface area contributed by atoms with Gasteiger partial charge in [-0.15, -0.1) is 17.0 Å². The third-order valence-electron chi connectivity index (χ3n) is 3.73. The normalized spacial score (nSPS) is 11.1. The fraction of sp³-hybridized carbons (Fsp3) is 0.333. The van der Waals surface area contributed by atoms with Gasteiger partial charge < -0.3 is 5.32 Å². The summed E-state index contributed by atoms with van der Waals surface area (Å²) in [7, 11) is -3.83. The first kappa shape index (κ1) is 23.5. The summed E-state index contributed by atoms with van der Waals surface area (Å²) in [6, 6.07) is 11.5. The summed E-state index contributed by atoms with van der Waals surface area (Å²) in [5, 5.41) is 9.45. The predicted octanol–water partition coefficient (Wildman–Crippen LogP) is 5.48. The van der Waals surface area contributed by atoms with Gasteiger partial charge in [-0.2, -0.15) is 0 Å². The smallest absolute Gasteiger partial charge is 0.239 e. The van der Waals surface area contributed by atoms with Crippen molar-refractivity contribution in [1.82, 2.24) is 0 Å². The molecule has 0 bridgehead atoms. The van der Waals surface area contributed by atoms with Crippen LogP contribution in [0.25, 0.3) is 0 Å². The van der Waals surface area contributed by atoms with Crippen LogP contribution in [0.3, 0.4) is 0 Å². The summed E-state index contributed by atoms with van der Waals surface area (Å²) < 4.78 is 24.4. The Morgan fingerprint density at radius 3 is 2.50 bits per heavy atom. The van der Waals surface area contributed by atoms with E-state index >= 15 is 0 Å². The first-order chi connectivity index (χ1) is 11.9. The van der Waals surface area contributed by atoms with Crippen molar-refractivity contribution in [3.63, 3.8) is 0 Å². The lowest BCUT2D eigenvalue weighted by Gasteiger charge is -2.17. The van der Waals surface area contributed by atoms with Crippen LogP contribution in [0, 0.1) is 6.92 Å². The lowest BCUT2D eigenvalue weighted by Crippen LogP contribution is -2.15. The first-order valence-electron chi connectivity index (χ1n) is 8.09. The second-order valence-electron chi connectivity index (χ2n) is 5.80. The van der Waals surface area contributed by atoms with Crippen molar-refractivity contribution < 1.29 is 8.42 Å². The van der Waals surface area contributed by atoms with Gasteiger partial charge in [-0.3, -0.25) is 0 Å². The number of anilines is 1. The zero-order chi connectivity index (χ0) is 18.4. The number of halogens is 2. The van der Waals surface area contributed by atoms with Crippen LogP contribution in [0.15, 0.2) is 51.1 Å². The van der Waals surface area contributed by atoms with Crippen LogP contribution in [0.4, 0.5) is 5.69 Å². The van der Waals surface area contributed by atoms with Crippen LogP contribution in [0.5, 0.6) is 0 Å². The Labute approximate surface area is 179 Å². The van der Waals surface area contributed by atoms with Crippen molar-refractivity contribution >= 4 is 60.4 Å². The van der Waals surface area contributed by atoms with E-state index in [1.165, 1.54) is 11.8 Å². The Morgan fingerprint density at radius 1 is 1.23 bits per heavy atom. The third kappa shape index (κ3) is 6.27. The number of nitrogens with two attached hydrogens (primary N) is 1. The molecule has 0 aromatic heterocycles. The number of hydrogen-bond donors (Lipinski definition) is 2. The molecule has 0 spiro atoms. The number of primary sulfonamides is 1. The van der Waals surface area contributed by atoms with Gasteiger partial charge in [0.2, 0.25) is 10.0 Å². The van der Waals surface area contributed by atoms with Gasteiger partial charge in [0.1, 0.15) is 0 Å². The maximum atomic E-state index is 12.2. The maximum Gasteiger partial charge on any atom is 0.239 e. The van der Waals surface area contributed by atoms with Crippen molar-refractivity contribution in [3.05, 3.63) is 47.5 Å². The summed E-state index contributed by atoms with van der Waals surface area (Å²) in [5.74, 6) is 0. The molecule has 2 aromatic carbocycles. The second-order valence-corrected chi connectivity index (χ2v) is 8.94. The molecule has 0 saturated carbocycles.